The summed E-state index contributed by atoms with van der Waals surface area (Å²) in [5.41, 5.74) is 7.33. The minimum atomic E-state index is 0.580. The van der Waals surface area contributed by atoms with Crippen LogP contribution in [0.2, 0.25) is 5.02 Å². The lowest BCUT2D eigenvalue weighted by Gasteiger charge is -2.28. The number of benzene rings is 1. The maximum atomic E-state index is 5.93. The second-order valence-electron chi connectivity index (χ2n) is 3.32. The van der Waals surface area contributed by atoms with Crippen LogP contribution in [-0.4, -0.2) is 13.2 Å². The van der Waals surface area contributed by atoms with Crippen molar-refractivity contribution in [3.63, 3.8) is 0 Å². The second kappa shape index (κ2) is 4.07. The predicted molar refractivity (Wildman–Crippen MR) is 58.4 cm³/mol. The molecule has 0 spiro atoms. The Bertz CT molecular complexity index is 324. The number of hydrogen-bond donors (Lipinski definition) is 1. The summed E-state index contributed by atoms with van der Waals surface area (Å²) in [5.74, 6) is 0. The number of halogens is 1. The van der Waals surface area contributed by atoms with Crippen LogP contribution < -0.4 is 10.8 Å². The lowest BCUT2D eigenvalue weighted by atomic mass is 10.2. The fraction of sp³-hybridized carbons (Fsp3) is 0.400. The van der Waals surface area contributed by atoms with Gasteiger partial charge in [-0.3, -0.25) is 9.90 Å². The van der Waals surface area contributed by atoms with Gasteiger partial charge in [0.1, 0.15) is 0 Å². The molecule has 0 atom stereocenters. The molecule has 0 saturated carbocycles. The number of nitrogens with two attached hydrogens (primary N) is 1. The Morgan fingerprint density at radius 1 is 1.36 bits per heavy atom. The van der Waals surface area contributed by atoms with Crippen LogP contribution in [0.3, 0.4) is 0 Å². The third kappa shape index (κ3) is 1.79. The van der Waals surface area contributed by atoms with E-state index in [1.807, 2.05) is 17.2 Å². The summed E-state index contributed by atoms with van der Waals surface area (Å²) in [5, 5.41) is 2.40. The molecule has 1 heterocycles. The van der Waals surface area contributed by atoms with Gasteiger partial charge in [0.15, 0.2) is 0 Å². The molecule has 1 fully saturated rings. The third-order valence-electron chi connectivity index (χ3n) is 2.30. The molecule has 2 rings (SSSR count). The molecule has 0 aromatic heterocycles. The summed E-state index contributed by atoms with van der Waals surface area (Å²) in [6.45, 7) is 1.64. The fourth-order valence-electron chi connectivity index (χ4n) is 1.53. The van der Waals surface area contributed by atoms with Crippen LogP contribution in [0.25, 0.3) is 0 Å². The van der Waals surface area contributed by atoms with Gasteiger partial charge in [0, 0.05) is 6.54 Å². The third-order valence-corrected chi connectivity index (χ3v) is 2.63. The van der Waals surface area contributed by atoms with E-state index in [-0.39, 0.29) is 0 Å². The van der Waals surface area contributed by atoms with Crippen LogP contribution >= 0.6 is 11.6 Å². The van der Waals surface area contributed by atoms with Gasteiger partial charge in [-0.05, 0) is 25.0 Å². The van der Waals surface area contributed by atoms with Crippen molar-refractivity contribution in [3.8, 4) is 0 Å². The molecular weight excluding hydrogens is 200 g/mol. The lowest BCUT2D eigenvalue weighted by molar-refractivity contribution is 0.0781. The van der Waals surface area contributed by atoms with Crippen molar-refractivity contribution in [2.45, 2.75) is 12.8 Å². The van der Waals surface area contributed by atoms with E-state index in [0.29, 0.717) is 10.7 Å². The zero-order valence-corrected chi connectivity index (χ0v) is 8.63. The average molecular weight is 213 g/mol. The van der Waals surface area contributed by atoms with Crippen LogP contribution in [0.15, 0.2) is 18.2 Å². The predicted octanol–water partition coefficient (Wildman–Crippen LogP) is 2.45. The van der Waals surface area contributed by atoms with Crippen molar-refractivity contribution >= 4 is 23.0 Å². The summed E-state index contributed by atoms with van der Waals surface area (Å²) in [7, 11) is 0. The Kier molecular flexibility index (Phi) is 2.79. The molecule has 0 aliphatic carbocycles. The molecule has 1 saturated heterocycles. The van der Waals surface area contributed by atoms with Gasteiger partial charge in [-0.2, -0.15) is 0 Å². The van der Waals surface area contributed by atoms with Gasteiger partial charge in [-0.1, -0.05) is 17.7 Å². The van der Waals surface area contributed by atoms with Crippen LogP contribution in [0.1, 0.15) is 12.8 Å². The number of anilines is 2. The number of nitrogen functional groups attached to an aromatic ring is 1. The molecule has 1 aromatic carbocycles. The molecule has 1 aromatic rings. The van der Waals surface area contributed by atoms with E-state index >= 15 is 0 Å². The molecule has 76 valence electrons. The first-order valence-corrected chi connectivity index (χ1v) is 5.11. The van der Waals surface area contributed by atoms with Crippen molar-refractivity contribution < 1.29 is 4.84 Å². The van der Waals surface area contributed by atoms with E-state index in [2.05, 4.69) is 0 Å². The van der Waals surface area contributed by atoms with Crippen LogP contribution in [0.4, 0.5) is 11.4 Å². The topological polar surface area (TPSA) is 38.5 Å². The van der Waals surface area contributed by atoms with Crippen molar-refractivity contribution in [1.29, 1.82) is 0 Å². The van der Waals surface area contributed by atoms with E-state index in [1.165, 1.54) is 0 Å². The molecule has 4 heteroatoms. The van der Waals surface area contributed by atoms with Crippen LogP contribution in [-0.2, 0) is 4.84 Å². The first-order valence-electron chi connectivity index (χ1n) is 4.73. The van der Waals surface area contributed by atoms with Crippen molar-refractivity contribution in [1.82, 2.24) is 0 Å². The Balaban J connectivity index is 2.26. The number of rotatable bonds is 1. The van der Waals surface area contributed by atoms with Crippen molar-refractivity contribution in [2.75, 3.05) is 23.9 Å². The zero-order chi connectivity index (χ0) is 9.97. The molecule has 3 nitrogen and oxygen atoms in total. The van der Waals surface area contributed by atoms with Crippen molar-refractivity contribution in [2.24, 2.45) is 0 Å². The van der Waals surface area contributed by atoms with E-state index < -0.39 is 0 Å². The zero-order valence-electron chi connectivity index (χ0n) is 7.87. The number of nitrogens with zero attached hydrogens (tertiary/aromatic N) is 1. The summed E-state index contributed by atoms with van der Waals surface area (Å²) >= 11 is 5.93. The van der Waals surface area contributed by atoms with Crippen LogP contribution in [0.5, 0.6) is 0 Å². The first kappa shape index (κ1) is 9.62. The smallest absolute Gasteiger partial charge is 0.0881 e. The highest BCUT2D eigenvalue weighted by molar-refractivity contribution is 6.33. The molecule has 2 N–H and O–H groups in total. The van der Waals surface area contributed by atoms with Gasteiger partial charge >= 0.3 is 0 Å². The maximum Gasteiger partial charge on any atom is 0.0881 e. The molecule has 0 radical (unpaired) electrons. The van der Waals surface area contributed by atoms with Crippen molar-refractivity contribution in [3.05, 3.63) is 23.2 Å². The molecular formula is C10H13ClN2O. The summed E-state index contributed by atoms with van der Waals surface area (Å²) < 4.78 is 0. The van der Waals surface area contributed by atoms with E-state index in [0.717, 1.165) is 31.7 Å². The van der Waals surface area contributed by atoms with E-state index in [1.54, 1.807) is 6.07 Å². The van der Waals surface area contributed by atoms with Gasteiger partial charge in [0.2, 0.25) is 0 Å². The largest absolute Gasteiger partial charge is 0.396 e. The summed E-state index contributed by atoms with van der Waals surface area (Å²) in [6, 6.07) is 5.59. The Hall–Kier alpha value is -0.930. The number of hydrogen-bond acceptors (Lipinski definition) is 3. The van der Waals surface area contributed by atoms with Gasteiger partial charge in [-0.15, -0.1) is 0 Å². The Morgan fingerprint density at radius 2 is 2.21 bits per heavy atom. The summed E-state index contributed by atoms with van der Waals surface area (Å²) in [6.07, 6.45) is 2.24. The Morgan fingerprint density at radius 3 is 2.93 bits per heavy atom. The van der Waals surface area contributed by atoms with Gasteiger partial charge in [0.25, 0.3) is 0 Å². The Labute approximate surface area is 88.4 Å². The second-order valence-corrected chi connectivity index (χ2v) is 3.72. The molecule has 14 heavy (non-hydrogen) atoms. The molecule has 0 unspecified atom stereocenters. The first-order chi connectivity index (χ1) is 6.79. The minimum Gasteiger partial charge on any atom is -0.396 e. The molecule has 0 bridgehead atoms. The molecule has 1 aliphatic heterocycles. The minimum absolute atomic E-state index is 0.580. The maximum absolute atomic E-state index is 5.93. The van der Waals surface area contributed by atoms with Gasteiger partial charge in [-0.25, -0.2) is 0 Å². The van der Waals surface area contributed by atoms with Gasteiger partial charge < -0.3 is 5.73 Å². The highest BCUT2D eigenvalue weighted by Crippen LogP contribution is 2.31. The monoisotopic (exact) mass is 212 g/mol. The highest BCUT2D eigenvalue weighted by Gasteiger charge is 2.15. The standard InChI is InChI=1S/C10H13ClN2O/c11-8-4-3-5-9(10(8)12)13-6-1-2-7-14-13/h3-5H,1-2,6-7,12H2. The SMILES string of the molecule is Nc1c(Cl)cccc1N1CCCCO1. The lowest BCUT2D eigenvalue weighted by Crippen LogP contribution is -2.30. The fourth-order valence-corrected chi connectivity index (χ4v) is 1.70. The van der Waals surface area contributed by atoms with Gasteiger partial charge in [0.05, 0.1) is 23.0 Å². The quantitative estimate of drug-likeness (QED) is 0.727. The average Bonchev–Trinajstić information content (AvgIpc) is 2.23. The highest BCUT2D eigenvalue weighted by atomic mass is 35.5. The molecule has 0 amide bonds. The number of para-hydroxylation sites is 1. The van der Waals surface area contributed by atoms with Crippen LogP contribution in [0, 0.1) is 0 Å². The normalized spacial score (nSPS) is 17.1. The van der Waals surface area contributed by atoms with E-state index in [4.69, 9.17) is 22.2 Å². The number of hydroxylamine groups is 1. The molecule has 1 aliphatic rings. The van der Waals surface area contributed by atoms with E-state index in [9.17, 15) is 0 Å². The summed E-state index contributed by atoms with van der Waals surface area (Å²) in [4.78, 5) is 5.49.